The number of amides is 1. The zero-order chi connectivity index (χ0) is 28.6. The van der Waals surface area contributed by atoms with Crippen LogP contribution < -0.4 is 10.1 Å². The van der Waals surface area contributed by atoms with E-state index in [-0.39, 0.29) is 30.4 Å². The molecule has 0 unspecified atom stereocenters. The van der Waals surface area contributed by atoms with Crippen molar-refractivity contribution in [1.29, 1.82) is 0 Å². The molecule has 0 aliphatic heterocycles. The van der Waals surface area contributed by atoms with Crippen molar-refractivity contribution in [2.45, 2.75) is 61.9 Å². The molecular formula is C33H35N3O4S. The molecule has 7 nitrogen and oxygen atoms in total. The fourth-order valence-electron chi connectivity index (χ4n) is 5.14. The molecule has 8 heteroatoms. The second kappa shape index (κ2) is 13.7. The van der Waals surface area contributed by atoms with Gasteiger partial charge in [-0.1, -0.05) is 49.4 Å². The van der Waals surface area contributed by atoms with Gasteiger partial charge in [-0.25, -0.2) is 4.98 Å². The molecule has 0 spiro atoms. The third-order valence-corrected chi connectivity index (χ3v) is 8.55. The summed E-state index contributed by atoms with van der Waals surface area (Å²) in [7, 11) is 0. The molecule has 3 aromatic carbocycles. The number of Topliss-reactive ketones (excluding diaryl/α,β-unsaturated/α-hetero) is 1. The average molecular weight is 570 g/mol. The highest BCUT2D eigenvalue weighted by Gasteiger charge is 2.25. The van der Waals surface area contributed by atoms with Crippen LogP contribution in [0.25, 0.3) is 0 Å². The summed E-state index contributed by atoms with van der Waals surface area (Å²) in [5.41, 5.74) is 4.41. The first kappa shape index (κ1) is 28.6. The van der Waals surface area contributed by atoms with Crippen LogP contribution in [-0.4, -0.2) is 39.0 Å². The molecule has 41 heavy (non-hydrogen) atoms. The molecule has 1 aromatic heterocycles. The molecule has 2 atom stereocenters. The monoisotopic (exact) mass is 569 g/mol. The Bertz CT molecular complexity index is 1470. The highest BCUT2D eigenvalue weighted by Crippen LogP contribution is 2.38. The minimum absolute atomic E-state index is 0.107. The first-order valence-corrected chi connectivity index (χ1v) is 15.0. The molecule has 1 aliphatic carbocycles. The van der Waals surface area contributed by atoms with Crippen molar-refractivity contribution in [2.24, 2.45) is 0 Å². The van der Waals surface area contributed by atoms with Gasteiger partial charge in [0.05, 0.1) is 31.1 Å². The summed E-state index contributed by atoms with van der Waals surface area (Å²) in [6.45, 7) is 2.40. The minimum Gasteiger partial charge on any atom is -0.484 e. The van der Waals surface area contributed by atoms with Gasteiger partial charge in [0.25, 0.3) is 5.91 Å². The Morgan fingerprint density at radius 2 is 1.90 bits per heavy atom. The number of carbonyl (C=O) groups is 2. The van der Waals surface area contributed by atoms with E-state index in [1.807, 2.05) is 66.2 Å². The number of thioether (sulfide) groups is 1. The van der Waals surface area contributed by atoms with Crippen LogP contribution in [-0.2, 0) is 18.7 Å². The van der Waals surface area contributed by atoms with Crippen molar-refractivity contribution in [3.05, 3.63) is 113 Å². The van der Waals surface area contributed by atoms with E-state index in [1.165, 1.54) is 0 Å². The molecule has 1 aliphatic rings. The van der Waals surface area contributed by atoms with Crippen LogP contribution in [0.4, 0.5) is 0 Å². The summed E-state index contributed by atoms with van der Waals surface area (Å²) in [4.78, 5) is 31.0. The van der Waals surface area contributed by atoms with Crippen molar-refractivity contribution >= 4 is 23.5 Å². The van der Waals surface area contributed by atoms with E-state index >= 15 is 0 Å². The Balaban J connectivity index is 1.47. The second-order valence-corrected chi connectivity index (χ2v) is 11.2. The first-order valence-electron chi connectivity index (χ1n) is 14.1. The summed E-state index contributed by atoms with van der Waals surface area (Å²) in [5.74, 6) is 1.24. The minimum atomic E-state index is -0.293. The van der Waals surface area contributed by atoms with Gasteiger partial charge in [-0.2, -0.15) is 0 Å². The van der Waals surface area contributed by atoms with Crippen LogP contribution in [0.5, 0.6) is 5.75 Å². The van der Waals surface area contributed by atoms with E-state index in [0.717, 1.165) is 45.7 Å². The lowest BCUT2D eigenvalue weighted by Crippen LogP contribution is -2.37. The van der Waals surface area contributed by atoms with Crippen LogP contribution in [0.1, 0.15) is 69.7 Å². The number of aromatic nitrogens is 2. The normalized spacial score (nSPS) is 14.2. The number of nitrogens with zero attached hydrogens (tertiary/aromatic N) is 2. The maximum Gasteiger partial charge on any atom is 0.252 e. The van der Waals surface area contributed by atoms with Crippen molar-refractivity contribution in [3.63, 3.8) is 0 Å². The molecule has 0 saturated heterocycles. The van der Waals surface area contributed by atoms with E-state index in [2.05, 4.69) is 22.4 Å². The number of rotatable bonds is 12. The lowest BCUT2D eigenvalue weighted by molar-refractivity contribution is 0.0911. The molecule has 0 fully saturated rings. The number of aliphatic hydroxyl groups excluding tert-OH is 1. The molecule has 1 heterocycles. The van der Waals surface area contributed by atoms with Gasteiger partial charge in [-0.05, 0) is 54.7 Å². The first-order chi connectivity index (χ1) is 20.1. The third-order valence-electron chi connectivity index (χ3n) is 7.45. The Morgan fingerprint density at radius 1 is 1.10 bits per heavy atom. The number of hydrogen-bond acceptors (Lipinski definition) is 6. The lowest BCUT2D eigenvalue weighted by atomic mass is 9.87. The summed E-state index contributed by atoms with van der Waals surface area (Å²) in [5, 5.41) is 12.5. The fraction of sp³-hybridized carbons (Fsp3) is 0.303. The predicted molar refractivity (Wildman–Crippen MR) is 160 cm³/mol. The summed E-state index contributed by atoms with van der Waals surface area (Å²) in [6, 6.07) is 21.1. The molecule has 0 bridgehead atoms. The quantitative estimate of drug-likeness (QED) is 0.203. The molecule has 0 saturated carbocycles. The van der Waals surface area contributed by atoms with Crippen LogP contribution in [0.2, 0.25) is 0 Å². The highest BCUT2D eigenvalue weighted by atomic mass is 32.2. The smallest absolute Gasteiger partial charge is 0.252 e. The van der Waals surface area contributed by atoms with E-state index in [0.29, 0.717) is 30.7 Å². The molecule has 5 rings (SSSR count). The number of imidazole rings is 1. The Labute approximate surface area is 245 Å². The number of benzene rings is 3. The van der Waals surface area contributed by atoms with Crippen molar-refractivity contribution in [3.8, 4) is 5.75 Å². The van der Waals surface area contributed by atoms with Crippen LogP contribution >= 0.6 is 11.8 Å². The van der Waals surface area contributed by atoms with Crippen LogP contribution in [0, 0.1) is 0 Å². The number of ether oxygens (including phenoxy) is 1. The SMILES string of the molecule is CC[C@H](CO)NC(=O)c1ccccc1SCc1c(O[C@H](Cn2ccnc2)c2ccccc2)ccc2c1CCCC2=O. The lowest BCUT2D eigenvalue weighted by Gasteiger charge is -2.26. The van der Waals surface area contributed by atoms with Crippen LogP contribution in [0.3, 0.4) is 0 Å². The Hall–Kier alpha value is -3.88. The molecule has 1 amide bonds. The average Bonchev–Trinajstić information content (AvgIpc) is 3.53. The molecule has 0 radical (unpaired) electrons. The number of ketones is 1. The van der Waals surface area contributed by atoms with Crippen LogP contribution in [0.15, 0.2) is 90.3 Å². The number of hydrogen-bond donors (Lipinski definition) is 2. The summed E-state index contributed by atoms with van der Waals surface area (Å²) >= 11 is 1.56. The summed E-state index contributed by atoms with van der Waals surface area (Å²) < 4.78 is 8.77. The van der Waals surface area contributed by atoms with E-state index < -0.39 is 0 Å². The van der Waals surface area contributed by atoms with Gasteiger partial charge in [0.2, 0.25) is 0 Å². The molecule has 4 aromatic rings. The van der Waals surface area contributed by atoms with Crippen molar-refractivity contribution < 1.29 is 19.4 Å². The van der Waals surface area contributed by atoms with E-state index in [9.17, 15) is 14.7 Å². The maximum atomic E-state index is 13.1. The van der Waals surface area contributed by atoms with E-state index in [1.54, 1.807) is 30.4 Å². The van der Waals surface area contributed by atoms with Crippen molar-refractivity contribution in [2.75, 3.05) is 6.61 Å². The van der Waals surface area contributed by atoms with Gasteiger partial charge in [-0.3, -0.25) is 9.59 Å². The van der Waals surface area contributed by atoms with Crippen molar-refractivity contribution in [1.82, 2.24) is 14.9 Å². The zero-order valence-corrected chi connectivity index (χ0v) is 24.0. The second-order valence-electron chi connectivity index (χ2n) is 10.2. The molecule has 2 N–H and O–H groups in total. The highest BCUT2D eigenvalue weighted by molar-refractivity contribution is 7.98. The molecular weight excluding hydrogens is 534 g/mol. The van der Waals surface area contributed by atoms with Gasteiger partial charge < -0.3 is 19.7 Å². The number of aliphatic hydroxyl groups is 1. The summed E-state index contributed by atoms with van der Waals surface area (Å²) in [6.07, 6.45) is 8.00. The zero-order valence-electron chi connectivity index (χ0n) is 23.2. The van der Waals surface area contributed by atoms with E-state index in [4.69, 9.17) is 4.74 Å². The van der Waals surface area contributed by atoms with Gasteiger partial charge in [0.1, 0.15) is 11.9 Å². The van der Waals surface area contributed by atoms with Gasteiger partial charge in [0, 0.05) is 40.6 Å². The molecule has 212 valence electrons. The largest absolute Gasteiger partial charge is 0.484 e. The van der Waals surface area contributed by atoms with Gasteiger partial charge in [-0.15, -0.1) is 11.8 Å². The maximum absolute atomic E-state index is 13.1. The predicted octanol–water partition coefficient (Wildman–Crippen LogP) is 6.02. The van der Waals surface area contributed by atoms with Gasteiger partial charge >= 0.3 is 0 Å². The number of nitrogens with one attached hydrogen (secondary N) is 1. The number of fused-ring (bicyclic) bond motifs is 1. The number of carbonyl (C=O) groups excluding carboxylic acids is 2. The third kappa shape index (κ3) is 6.89. The van der Waals surface area contributed by atoms with Gasteiger partial charge in [0.15, 0.2) is 5.78 Å². The topological polar surface area (TPSA) is 93.4 Å². The Morgan fingerprint density at radius 3 is 2.66 bits per heavy atom. The fourth-order valence-corrected chi connectivity index (χ4v) is 6.24. The Kier molecular flexibility index (Phi) is 9.54. The standard InChI is InChI=1S/C33H35N3O4S/c1-2-24(20-37)35-33(39)27-11-6-7-14-32(27)41-21-28-25-12-8-13-29(38)26(25)15-16-30(28)40-31(19-36-18-17-34-22-36)23-9-4-3-5-10-23/h3-7,9-11,14-18,22,24,31,37H,2,8,12-13,19-21H2,1H3,(H,35,39)/t24-,31-/m1/s1.